The fraction of sp³-hybridized carbons (Fsp3) is 0.818. The third-order valence-corrected chi connectivity index (χ3v) is 3.70. The molecule has 1 amide bonds. The lowest BCUT2D eigenvalue weighted by atomic mass is 9.74. The summed E-state index contributed by atoms with van der Waals surface area (Å²) in [5.74, 6) is -3.57. The Kier molecular flexibility index (Phi) is 3.92. The van der Waals surface area contributed by atoms with Crippen molar-refractivity contribution in [3.63, 3.8) is 0 Å². The summed E-state index contributed by atoms with van der Waals surface area (Å²) in [7, 11) is 1.25. The first-order chi connectivity index (χ1) is 8.11. The maximum absolute atomic E-state index is 12.7. The average molecular weight is 267 g/mol. The Morgan fingerprint density at radius 3 is 2.33 bits per heavy atom. The molecule has 1 rings (SSSR count). The maximum Gasteiger partial charge on any atom is 0.391 e. The van der Waals surface area contributed by atoms with Crippen molar-refractivity contribution in [1.29, 1.82) is 0 Å². The van der Waals surface area contributed by atoms with Gasteiger partial charge >= 0.3 is 12.1 Å². The summed E-state index contributed by atoms with van der Waals surface area (Å²) >= 11 is 0. The van der Waals surface area contributed by atoms with E-state index in [1.165, 1.54) is 7.05 Å². The molecule has 7 heteroatoms. The van der Waals surface area contributed by atoms with E-state index in [4.69, 9.17) is 0 Å². The second-order valence-electron chi connectivity index (χ2n) is 4.75. The van der Waals surface area contributed by atoms with E-state index in [2.05, 4.69) is 0 Å². The Balaban J connectivity index is 3.06. The largest absolute Gasteiger partial charge is 0.479 e. The molecule has 4 nitrogen and oxygen atoms in total. The van der Waals surface area contributed by atoms with Crippen molar-refractivity contribution in [3.05, 3.63) is 0 Å². The molecule has 0 bridgehead atoms. The van der Waals surface area contributed by atoms with Crippen LogP contribution in [0.5, 0.6) is 0 Å². The topological polar surface area (TPSA) is 57.6 Å². The van der Waals surface area contributed by atoms with Crippen LogP contribution in [0, 0.1) is 5.92 Å². The number of rotatable bonds is 2. The van der Waals surface area contributed by atoms with Gasteiger partial charge in [-0.25, -0.2) is 4.79 Å². The molecule has 1 fully saturated rings. The molecule has 18 heavy (non-hydrogen) atoms. The zero-order valence-electron chi connectivity index (χ0n) is 10.3. The van der Waals surface area contributed by atoms with Gasteiger partial charge in [-0.05, 0) is 25.7 Å². The Morgan fingerprint density at radius 1 is 1.39 bits per heavy atom. The molecule has 1 saturated carbocycles. The fourth-order valence-electron chi connectivity index (χ4n) is 2.48. The predicted molar refractivity (Wildman–Crippen MR) is 56.8 cm³/mol. The Bertz CT molecular complexity index is 356. The van der Waals surface area contributed by atoms with E-state index in [-0.39, 0.29) is 19.3 Å². The number of likely N-dealkylation sites (N-methyl/N-ethyl adjacent to an activating group) is 1. The van der Waals surface area contributed by atoms with Crippen molar-refractivity contribution in [2.75, 3.05) is 7.05 Å². The molecular formula is C11H16F3NO3. The summed E-state index contributed by atoms with van der Waals surface area (Å²) in [4.78, 5) is 23.5. The molecule has 1 aliphatic carbocycles. The van der Waals surface area contributed by atoms with E-state index in [1.807, 2.05) is 0 Å². The second-order valence-corrected chi connectivity index (χ2v) is 4.75. The highest BCUT2D eigenvalue weighted by Gasteiger charge is 2.53. The highest BCUT2D eigenvalue weighted by Crippen LogP contribution is 2.44. The van der Waals surface area contributed by atoms with Crippen molar-refractivity contribution in [2.45, 2.75) is 44.3 Å². The number of hydrogen-bond donors (Lipinski definition) is 1. The molecule has 1 aliphatic rings. The SMILES string of the molecule is CC(=O)N(C)C1(C(=O)O)CCCC(C(F)(F)F)C1. The molecule has 2 unspecified atom stereocenters. The van der Waals surface area contributed by atoms with Gasteiger partial charge in [0.15, 0.2) is 0 Å². The van der Waals surface area contributed by atoms with Crippen molar-refractivity contribution in [2.24, 2.45) is 5.92 Å². The summed E-state index contributed by atoms with van der Waals surface area (Å²) in [6.07, 6.45) is -4.86. The number of carboxylic acids is 1. The van der Waals surface area contributed by atoms with Gasteiger partial charge in [0, 0.05) is 14.0 Å². The van der Waals surface area contributed by atoms with Gasteiger partial charge in [-0.3, -0.25) is 4.79 Å². The van der Waals surface area contributed by atoms with Crippen LogP contribution in [0.3, 0.4) is 0 Å². The Morgan fingerprint density at radius 2 is 1.94 bits per heavy atom. The number of aliphatic carboxylic acids is 1. The van der Waals surface area contributed by atoms with Crippen molar-refractivity contribution < 1.29 is 27.9 Å². The van der Waals surface area contributed by atoms with Gasteiger partial charge in [0.25, 0.3) is 0 Å². The number of hydrogen-bond acceptors (Lipinski definition) is 2. The van der Waals surface area contributed by atoms with Crippen molar-refractivity contribution in [3.8, 4) is 0 Å². The third kappa shape index (κ3) is 2.59. The summed E-state index contributed by atoms with van der Waals surface area (Å²) in [6.45, 7) is 1.15. The molecule has 0 heterocycles. The molecule has 0 spiro atoms. The fourth-order valence-corrected chi connectivity index (χ4v) is 2.48. The first kappa shape index (κ1) is 14.8. The smallest absolute Gasteiger partial charge is 0.391 e. The standard InChI is InChI=1S/C11H16F3NO3/c1-7(16)15(2)10(9(17)18)5-3-4-8(6-10)11(12,13)14/h8H,3-6H2,1-2H3,(H,17,18). The van der Waals surface area contributed by atoms with Crippen molar-refractivity contribution >= 4 is 11.9 Å². The molecule has 2 atom stereocenters. The van der Waals surface area contributed by atoms with Crippen LogP contribution >= 0.6 is 0 Å². The van der Waals surface area contributed by atoms with Crippen LogP contribution in [0.25, 0.3) is 0 Å². The predicted octanol–water partition coefficient (Wildman–Crippen LogP) is 2.04. The number of carbonyl (C=O) groups is 2. The maximum atomic E-state index is 12.7. The highest BCUT2D eigenvalue weighted by molar-refractivity contribution is 5.86. The van der Waals surface area contributed by atoms with E-state index in [0.717, 1.165) is 11.8 Å². The first-order valence-corrected chi connectivity index (χ1v) is 5.66. The minimum atomic E-state index is -4.42. The van der Waals surface area contributed by atoms with Crippen LogP contribution in [0.4, 0.5) is 13.2 Å². The summed E-state index contributed by atoms with van der Waals surface area (Å²) in [5, 5.41) is 9.23. The molecule has 1 N–H and O–H groups in total. The zero-order chi connectivity index (χ0) is 14.1. The lowest BCUT2D eigenvalue weighted by Crippen LogP contribution is -2.58. The zero-order valence-corrected chi connectivity index (χ0v) is 10.3. The lowest BCUT2D eigenvalue weighted by molar-refractivity contribution is -0.199. The Labute approximate surface area is 103 Å². The number of halogens is 3. The molecule has 0 aromatic rings. The average Bonchev–Trinajstić information content (AvgIpc) is 2.26. The van der Waals surface area contributed by atoms with Gasteiger partial charge in [0.2, 0.25) is 5.91 Å². The molecule has 0 saturated heterocycles. The molecule has 104 valence electrons. The Hall–Kier alpha value is -1.27. The molecule has 0 radical (unpaired) electrons. The van der Waals surface area contributed by atoms with Gasteiger partial charge in [0.1, 0.15) is 5.54 Å². The van der Waals surface area contributed by atoms with Gasteiger partial charge in [-0.2, -0.15) is 13.2 Å². The second kappa shape index (κ2) is 4.78. The van der Waals surface area contributed by atoms with Crippen LogP contribution in [0.2, 0.25) is 0 Å². The lowest BCUT2D eigenvalue weighted by Gasteiger charge is -2.43. The number of alkyl halides is 3. The molecule has 0 aliphatic heterocycles. The van der Waals surface area contributed by atoms with E-state index in [0.29, 0.717) is 0 Å². The van der Waals surface area contributed by atoms with Gasteiger partial charge in [-0.15, -0.1) is 0 Å². The number of amides is 1. The summed E-state index contributed by atoms with van der Waals surface area (Å²) in [6, 6.07) is 0. The van der Waals surface area contributed by atoms with E-state index in [9.17, 15) is 27.9 Å². The highest BCUT2D eigenvalue weighted by atomic mass is 19.4. The van der Waals surface area contributed by atoms with E-state index in [1.54, 1.807) is 0 Å². The first-order valence-electron chi connectivity index (χ1n) is 5.66. The molecule has 0 aromatic carbocycles. The van der Waals surface area contributed by atoms with Crippen LogP contribution < -0.4 is 0 Å². The normalized spacial score (nSPS) is 28.8. The monoisotopic (exact) mass is 267 g/mol. The molecular weight excluding hydrogens is 251 g/mol. The number of nitrogens with zero attached hydrogens (tertiary/aromatic N) is 1. The number of carboxylic acid groups (broad SMARTS) is 1. The minimum Gasteiger partial charge on any atom is -0.479 e. The minimum absolute atomic E-state index is 0.0605. The van der Waals surface area contributed by atoms with Gasteiger partial charge in [-0.1, -0.05) is 0 Å². The van der Waals surface area contributed by atoms with Gasteiger partial charge < -0.3 is 10.0 Å². The van der Waals surface area contributed by atoms with E-state index >= 15 is 0 Å². The number of carbonyl (C=O) groups excluding carboxylic acids is 1. The van der Waals surface area contributed by atoms with Gasteiger partial charge in [0.05, 0.1) is 5.92 Å². The van der Waals surface area contributed by atoms with Crippen LogP contribution in [-0.4, -0.2) is 40.6 Å². The third-order valence-electron chi connectivity index (χ3n) is 3.70. The molecule has 0 aromatic heterocycles. The quantitative estimate of drug-likeness (QED) is 0.833. The van der Waals surface area contributed by atoms with E-state index < -0.39 is 35.9 Å². The van der Waals surface area contributed by atoms with Crippen LogP contribution in [-0.2, 0) is 9.59 Å². The van der Waals surface area contributed by atoms with Crippen LogP contribution in [0.1, 0.15) is 32.6 Å². The summed E-state index contributed by atoms with van der Waals surface area (Å²) < 4.78 is 38.1. The van der Waals surface area contributed by atoms with Crippen molar-refractivity contribution in [1.82, 2.24) is 4.90 Å². The van der Waals surface area contributed by atoms with Crippen LogP contribution in [0.15, 0.2) is 0 Å². The summed E-state index contributed by atoms with van der Waals surface area (Å²) in [5.41, 5.74) is -1.73.